The van der Waals surface area contributed by atoms with Gasteiger partial charge in [-0.2, -0.15) is 11.8 Å². The first-order valence-electron chi connectivity index (χ1n) is 10.9. The molecule has 34 heavy (non-hydrogen) atoms. The van der Waals surface area contributed by atoms with Crippen LogP contribution in [0.15, 0.2) is 77.7 Å². The summed E-state index contributed by atoms with van der Waals surface area (Å²) < 4.78 is 33.3. The molecule has 0 unspecified atom stereocenters. The second kappa shape index (κ2) is 11.9. The Morgan fingerprint density at radius 1 is 1.00 bits per heavy atom. The lowest BCUT2D eigenvalue weighted by molar-refractivity contribution is -0.119. The molecular weight excluding hydrogens is 468 g/mol. The van der Waals surface area contributed by atoms with Crippen LogP contribution in [0.25, 0.3) is 0 Å². The zero-order valence-corrected chi connectivity index (χ0v) is 21.3. The molecule has 180 valence electrons. The monoisotopic (exact) mass is 498 g/mol. The van der Waals surface area contributed by atoms with Crippen molar-refractivity contribution < 1.29 is 17.9 Å². The van der Waals surface area contributed by atoms with Gasteiger partial charge in [0.15, 0.2) is 0 Å². The Labute approximate surface area is 206 Å². The van der Waals surface area contributed by atoms with Crippen LogP contribution in [-0.2, 0) is 20.6 Å². The first kappa shape index (κ1) is 25.6. The Morgan fingerprint density at radius 2 is 1.71 bits per heavy atom. The predicted molar refractivity (Wildman–Crippen MR) is 139 cm³/mol. The van der Waals surface area contributed by atoms with Crippen molar-refractivity contribution in [3.63, 3.8) is 0 Å². The maximum atomic E-state index is 13.5. The highest BCUT2D eigenvalue weighted by Crippen LogP contribution is 2.27. The number of amides is 1. The summed E-state index contributed by atoms with van der Waals surface area (Å²) in [6.45, 7) is 3.99. The first-order chi connectivity index (χ1) is 16.3. The Kier molecular flexibility index (Phi) is 9.01. The van der Waals surface area contributed by atoms with Gasteiger partial charge in [-0.05, 0) is 55.3 Å². The van der Waals surface area contributed by atoms with Crippen molar-refractivity contribution in [1.29, 1.82) is 0 Å². The molecular formula is C26H30N2O4S2. The molecule has 3 rings (SSSR count). The molecule has 3 aromatic carbocycles. The third kappa shape index (κ3) is 6.77. The number of carbonyl (C=O) groups excluding carboxylic acids is 1. The van der Waals surface area contributed by atoms with E-state index in [4.69, 9.17) is 4.74 Å². The Morgan fingerprint density at radius 3 is 2.35 bits per heavy atom. The van der Waals surface area contributed by atoms with Crippen LogP contribution in [0.5, 0.6) is 5.75 Å². The van der Waals surface area contributed by atoms with E-state index in [0.29, 0.717) is 23.5 Å². The van der Waals surface area contributed by atoms with E-state index in [-0.39, 0.29) is 17.3 Å². The Balaban J connectivity index is 1.65. The van der Waals surface area contributed by atoms with Gasteiger partial charge in [-0.25, -0.2) is 8.42 Å². The number of aryl methyl sites for hydroxylation is 2. The van der Waals surface area contributed by atoms with Gasteiger partial charge >= 0.3 is 0 Å². The fourth-order valence-electron chi connectivity index (χ4n) is 3.37. The normalized spacial score (nSPS) is 11.1. The fraction of sp³-hybridized carbons (Fsp3) is 0.269. The Hall–Kier alpha value is -2.97. The summed E-state index contributed by atoms with van der Waals surface area (Å²) in [7, 11) is -2.42. The van der Waals surface area contributed by atoms with Gasteiger partial charge in [0, 0.05) is 18.1 Å². The lowest BCUT2D eigenvalue weighted by atomic mass is 10.2. The molecule has 1 amide bonds. The van der Waals surface area contributed by atoms with Crippen LogP contribution in [0.2, 0.25) is 0 Å². The number of nitrogens with one attached hydrogen (secondary N) is 1. The maximum absolute atomic E-state index is 13.5. The second-order valence-corrected chi connectivity index (χ2v) is 10.8. The fourth-order valence-corrected chi connectivity index (χ4v) is 5.70. The van der Waals surface area contributed by atoms with Crippen LogP contribution in [0.3, 0.4) is 0 Å². The van der Waals surface area contributed by atoms with Crippen molar-refractivity contribution in [2.75, 3.05) is 30.3 Å². The molecule has 0 aromatic heterocycles. The van der Waals surface area contributed by atoms with E-state index in [1.807, 2.05) is 0 Å². The number of sulfonamides is 1. The van der Waals surface area contributed by atoms with Gasteiger partial charge in [-0.1, -0.05) is 48.0 Å². The number of ether oxygens (including phenoxy) is 1. The van der Waals surface area contributed by atoms with Crippen molar-refractivity contribution in [3.05, 3.63) is 89.5 Å². The lowest BCUT2D eigenvalue weighted by Gasteiger charge is -2.24. The minimum atomic E-state index is -3.96. The molecule has 0 aliphatic carbocycles. The molecule has 3 aromatic rings. The number of benzene rings is 3. The number of thioether (sulfide) groups is 1. The van der Waals surface area contributed by atoms with Crippen molar-refractivity contribution in [3.8, 4) is 5.75 Å². The van der Waals surface area contributed by atoms with E-state index in [2.05, 4.69) is 36.5 Å². The number of nitrogens with zero attached hydrogens (tertiary/aromatic N) is 1. The van der Waals surface area contributed by atoms with Gasteiger partial charge < -0.3 is 10.1 Å². The number of rotatable bonds is 11. The zero-order chi connectivity index (χ0) is 24.6. The maximum Gasteiger partial charge on any atom is 0.264 e. The standard InChI is InChI=1S/C26H30N2O4S2/c1-20-9-11-22(12-10-20)19-33-16-15-27-26(29)18-28(23-7-5-4-6-8-23)34(30,31)24-13-14-25(32-3)21(2)17-24/h4-14,17H,15-16,18-19H2,1-3H3,(H,27,29). The highest BCUT2D eigenvalue weighted by atomic mass is 32.2. The SMILES string of the molecule is COc1ccc(S(=O)(=O)N(CC(=O)NCCSCc2ccc(C)cc2)c2ccccc2)cc1C. The van der Waals surface area contributed by atoms with Crippen LogP contribution in [0.4, 0.5) is 5.69 Å². The number of anilines is 1. The molecule has 0 aliphatic rings. The van der Waals surface area contributed by atoms with Gasteiger partial charge in [0.25, 0.3) is 10.0 Å². The van der Waals surface area contributed by atoms with Crippen LogP contribution in [0.1, 0.15) is 16.7 Å². The lowest BCUT2D eigenvalue weighted by Crippen LogP contribution is -2.41. The predicted octanol–water partition coefficient (Wildman–Crippen LogP) is 4.56. The molecule has 0 aliphatic heterocycles. The molecule has 0 atom stereocenters. The minimum absolute atomic E-state index is 0.108. The van der Waals surface area contributed by atoms with E-state index in [1.165, 1.54) is 24.3 Å². The molecule has 0 radical (unpaired) electrons. The number of hydrogen-bond donors (Lipinski definition) is 1. The van der Waals surface area contributed by atoms with Crippen LogP contribution < -0.4 is 14.4 Å². The molecule has 8 heteroatoms. The topological polar surface area (TPSA) is 75.7 Å². The van der Waals surface area contributed by atoms with E-state index in [0.717, 1.165) is 15.8 Å². The molecule has 0 bridgehead atoms. The summed E-state index contributed by atoms with van der Waals surface area (Å²) >= 11 is 1.72. The molecule has 0 heterocycles. The van der Waals surface area contributed by atoms with Crippen LogP contribution in [0, 0.1) is 13.8 Å². The van der Waals surface area contributed by atoms with Crippen molar-refractivity contribution in [2.45, 2.75) is 24.5 Å². The van der Waals surface area contributed by atoms with Gasteiger partial charge in [0.2, 0.25) is 5.91 Å². The molecule has 6 nitrogen and oxygen atoms in total. The number of para-hydroxylation sites is 1. The summed E-state index contributed by atoms with van der Waals surface area (Å²) in [4.78, 5) is 12.8. The van der Waals surface area contributed by atoms with Gasteiger partial charge in [-0.3, -0.25) is 9.10 Å². The van der Waals surface area contributed by atoms with E-state index in [9.17, 15) is 13.2 Å². The third-order valence-corrected chi connectivity index (χ3v) is 8.04. The summed E-state index contributed by atoms with van der Waals surface area (Å²) in [5.41, 5.74) is 3.59. The average molecular weight is 499 g/mol. The summed E-state index contributed by atoms with van der Waals surface area (Å²) in [5, 5.41) is 2.85. The summed E-state index contributed by atoms with van der Waals surface area (Å²) in [6.07, 6.45) is 0. The van der Waals surface area contributed by atoms with Crippen molar-refractivity contribution in [2.24, 2.45) is 0 Å². The minimum Gasteiger partial charge on any atom is -0.496 e. The smallest absolute Gasteiger partial charge is 0.264 e. The number of methoxy groups -OCH3 is 1. The Bertz CT molecular complexity index is 1200. The largest absolute Gasteiger partial charge is 0.496 e. The molecule has 0 saturated carbocycles. The third-order valence-electron chi connectivity index (χ3n) is 5.24. The molecule has 1 N–H and O–H groups in total. The van der Waals surface area contributed by atoms with Gasteiger partial charge in [-0.15, -0.1) is 0 Å². The van der Waals surface area contributed by atoms with E-state index >= 15 is 0 Å². The highest BCUT2D eigenvalue weighted by molar-refractivity contribution is 7.98. The molecule has 0 saturated heterocycles. The average Bonchev–Trinajstić information content (AvgIpc) is 2.84. The molecule has 0 fully saturated rings. The van der Waals surface area contributed by atoms with Crippen LogP contribution in [-0.4, -0.2) is 40.3 Å². The van der Waals surface area contributed by atoms with Gasteiger partial charge in [0.1, 0.15) is 12.3 Å². The zero-order valence-electron chi connectivity index (χ0n) is 19.7. The summed E-state index contributed by atoms with van der Waals surface area (Å²) in [6, 6.07) is 21.7. The van der Waals surface area contributed by atoms with Gasteiger partial charge in [0.05, 0.1) is 17.7 Å². The number of hydrogen-bond acceptors (Lipinski definition) is 5. The molecule has 0 spiro atoms. The van der Waals surface area contributed by atoms with Crippen LogP contribution >= 0.6 is 11.8 Å². The van der Waals surface area contributed by atoms with E-state index < -0.39 is 10.0 Å². The van der Waals surface area contributed by atoms with E-state index in [1.54, 1.807) is 61.2 Å². The highest BCUT2D eigenvalue weighted by Gasteiger charge is 2.27. The number of carbonyl (C=O) groups is 1. The van der Waals surface area contributed by atoms with Crippen molar-refractivity contribution >= 4 is 33.4 Å². The quantitative estimate of drug-likeness (QED) is 0.393. The second-order valence-electron chi connectivity index (χ2n) is 7.87. The summed E-state index contributed by atoms with van der Waals surface area (Å²) in [5.74, 6) is 1.84. The first-order valence-corrected chi connectivity index (χ1v) is 13.5. The van der Waals surface area contributed by atoms with Crippen molar-refractivity contribution in [1.82, 2.24) is 5.32 Å².